The van der Waals surface area contributed by atoms with E-state index in [1.54, 1.807) is 0 Å². The molecule has 1 saturated heterocycles. The first-order valence-corrected chi connectivity index (χ1v) is 3.76. The number of rotatable bonds is 2. The van der Waals surface area contributed by atoms with Crippen LogP contribution in [0.3, 0.4) is 0 Å². The summed E-state index contributed by atoms with van der Waals surface area (Å²) in [7, 11) is 0. The molecule has 0 aromatic carbocycles. The molecular formula is C7H12FN2OY-. The fourth-order valence-corrected chi connectivity index (χ4v) is 1.34. The normalized spacial score (nSPS) is 21.1. The quantitative estimate of drug-likeness (QED) is 0.793. The first-order valence-electron chi connectivity index (χ1n) is 3.76. The number of piperidine rings is 1. The molecule has 1 radical (unpaired) electrons. The molecule has 0 bridgehead atoms. The van der Waals surface area contributed by atoms with Gasteiger partial charge >= 0.3 is 0 Å². The molecule has 2 N–H and O–H groups in total. The van der Waals surface area contributed by atoms with Crippen LogP contribution in [-0.4, -0.2) is 24.7 Å². The Balaban J connectivity index is 0.00000121. The smallest absolute Gasteiger partial charge is 0.118 e. The van der Waals surface area contributed by atoms with Crippen molar-refractivity contribution < 1.29 is 41.9 Å². The number of hydrogen-bond acceptors (Lipinski definition) is 2. The number of amides is 1. The number of hydrogen-bond donors (Lipinski definition) is 1. The van der Waals surface area contributed by atoms with Gasteiger partial charge in [0, 0.05) is 39.1 Å². The minimum absolute atomic E-state index is 0. The van der Waals surface area contributed by atoms with Gasteiger partial charge < -0.3 is 15.8 Å². The number of nitrogens with one attached hydrogen (secondary N) is 2. The molecule has 67 valence electrons. The fraction of sp³-hybridized carbons (Fsp3) is 0.857. The zero-order chi connectivity index (χ0) is 8.32. The third-order valence-corrected chi connectivity index (χ3v) is 1.98. The Morgan fingerprint density at radius 1 is 1.50 bits per heavy atom. The second kappa shape index (κ2) is 5.25. The molecule has 0 unspecified atom stereocenters. The standard InChI is InChI=1S/C7H13FN2O.Y/c8-7(5-6(9)11)1-3-10-4-2-7;/h10H,1-5H2,(H2,9,11);/p-1. The molecule has 0 saturated carbocycles. The van der Waals surface area contributed by atoms with E-state index in [0.717, 1.165) is 0 Å². The molecule has 5 heteroatoms. The van der Waals surface area contributed by atoms with Crippen LogP contribution < -0.4 is 5.32 Å². The Labute approximate surface area is 96.5 Å². The fourth-order valence-electron chi connectivity index (χ4n) is 1.34. The molecular weight excluding hydrogens is 236 g/mol. The molecule has 0 aromatic heterocycles. The van der Waals surface area contributed by atoms with E-state index in [0.29, 0.717) is 25.9 Å². The van der Waals surface area contributed by atoms with Crippen molar-refractivity contribution >= 4 is 5.91 Å². The molecule has 0 aliphatic carbocycles. The Bertz CT molecular complexity index is 159. The Morgan fingerprint density at radius 3 is 2.42 bits per heavy atom. The minimum atomic E-state index is -1.40. The first-order chi connectivity index (χ1) is 5.12. The summed E-state index contributed by atoms with van der Waals surface area (Å²) in [4.78, 5) is 10.3. The number of halogens is 1. The van der Waals surface area contributed by atoms with Gasteiger partial charge in [0.1, 0.15) is 5.67 Å². The molecule has 1 fully saturated rings. The van der Waals surface area contributed by atoms with E-state index >= 15 is 0 Å². The van der Waals surface area contributed by atoms with Crippen LogP contribution in [0.15, 0.2) is 0 Å². The Kier molecular flexibility index (Phi) is 5.45. The maximum atomic E-state index is 13.4. The Morgan fingerprint density at radius 2 is 2.00 bits per heavy atom. The second-order valence-electron chi connectivity index (χ2n) is 3.00. The molecule has 3 nitrogen and oxygen atoms in total. The minimum Gasteiger partial charge on any atom is -0.668 e. The maximum Gasteiger partial charge on any atom is 0.118 e. The van der Waals surface area contributed by atoms with Gasteiger partial charge in [0.2, 0.25) is 0 Å². The van der Waals surface area contributed by atoms with Crippen LogP contribution in [0.4, 0.5) is 4.39 Å². The Hall–Kier alpha value is 0.464. The van der Waals surface area contributed by atoms with E-state index in [2.05, 4.69) is 5.32 Å². The van der Waals surface area contributed by atoms with Crippen LogP contribution in [-0.2, 0) is 37.5 Å². The van der Waals surface area contributed by atoms with Gasteiger partial charge in [-0.25, -0.2) is 4.39 Å². The van der Waals surface area contributed by atoms with Gasteiger partial charge in [-0.1, -0.05) is 0 Å². The van der Waals surface area contributed by atoms with Crippen LogP contribution in [0.25, 0.3) is 5.73 Å². The van der Waals surface area contributed by atoms with Crippen molar-refractivity contribution in [2.24, 2.45) is 0 Å². The van der Waals surface area contributed by atoms with Crippen LogP contribution in [0, 0.1) is 0 Å². The molecule has 1 heterocycles. The van der Waals surface area contributed by atoms with Gasteiger partial charge in [0.05, 0.1) is 5.91 Å². The van der Waals surface area contributed by atoms with Crippen molar-refractivity contribution in [3.05, 3.63) is 5.73 Å². The van der Waals surface area contributed by atoms with Crippen LogP contribution in [0.1, 0.15) is 19.3 Å². The number of carbonyl (C=O) groups is 1. The van der Waals surface area contributed by atoms with E-state index < -0.39 is 11.6 Å². The summed E-state index contributed by atoms with van der Waals surface area (Å²) in [5.41, 5.74) is 5.24. The van der Waals surface area contributed by atoms with Crippen LogP contribution >= 0.6 is 0 Å². The van der Waals surface area contributed by atoms with Gasteiger partial charge in [-0.15, -0.1) is 0 Å². The zero-order valence-corrected chi connectivity index (χ0v) is 9.74. The molecule has 1 rings (SSSR count). The second-order valence-corrected chi connectivity index (χ2v) is 3.00. The third kappa shape index (κ3) is 3.92. The van der Waals surface area contributed by atoms with E-state index in [9.17, 15) is 9.18 Å². The summed E-state index contributed by atoms with van der Waals surface area (Å²) in [6.07, 6.45) is 0.476. The predicted octanol–water partition coefficient (Wildman–Crippen LogP) is 1.04. The van der Waals surface area contributed by atoms with Gasteiger partial charge in [-0.2, -0.15) is 0 Å². The van der Waals surface area contributed by atoms with E-state index in [4.69, 9.17) is 5.73 Å². The molecule has 1 aliphatic heterocycles. The summed E-state index contributed by atoms with van der Waals surface area (Å²) in [6.45, 7) is 1.23. The first kappa shape index (κ1) is 12.5. The summed E-state index contributed by atoms with van der Waals surface area (Å²) >= 11 is 0. The largest absolute Gasteiger partial charge is 0.668 e. The molecule has 1 amide bonds. The van der Waals surface area contributed by atoms with E-state index in [-0.39, 0.29) is 39.1 Å². The third-order valence-electron chi connectivity index (χ3n) is 1.98. The number of carbonyl (C=O) groups excluding carboxylic acids is 1. The molecule has 12 heavy (non-hydrogen) atoms. The topological polar surface area (TPSA) is 52.9 Å². The van der Waals surface area contributed by atoms with Crippen molar-refractivity contribution in [1.29, 1.82) is 0 Å². The van der Waals surface area contributed by atoms with Gasteiger partial charge in [0.25, 0.3) is 0 Å². The zero-order valence-electron chi connectivity index (χ0n) is 6.90. The molecule has 0 spiro atoms. The number of alkyl halides is 1. The van der Waals surface area contributed by atoms with E-state index in [1.807, 2.05) is 0 Å². The molecule has 0 aromatic rings. The van der Waals surface area contributed by atoms with Gasteiger partial charge in [0.15, 0.2) is 0 Å². The summed E-state index contributed by atoms with van der Waals surface area (Å²) in [5, 5.41) is 3.00. The van der Waals surface area contributed by atoms with Crippen molar-refractivity contribution in [2.75, 3.05) is 13.1 Å². The average molecular weight is 248 g/mol. The molecule has 0 atom stereocenters. The van der Waals surface area contributed by atoms with Crippen molar-refractivity contribution in [2.45, 2.75) is 24.9 Å². The van der Waals surface area contributed by atoms with Crippen molar-refractivity contribution in [3.8, 4) is 0 Å². The van der Waals surface area contributed by atoms with Gasteiger partial charge in [-0.05, 0) is 25.9 Å². The molecule has 1 aliphatic rings. The summed E-state index contributed by atoms with van der Waals surface area (Å²) in [6, 6.07) is 0. The summed E-state index contributed by atoms with van der Waals surface area (Å²) < 4.78 is 13.4. The van der Waals surface area contributed by atoms with Crippen LogP contribution in [0.2, 0.25) is 0 Å². The van der Waals surface area contributed by atoms with Crippen molar-refractivity contribution in [1.82, 2.24) is 5.32 Å². The van der Waals surface area contributed by atoms with E-state index in [1.165, 1.54) is 0 Å². The SMILES string of the molecule is [NH-]C(=O)CC1(F)CCNCC1.[Y]. The van der Waals surface area contributed by atoms with Crippen molar-refractivity contribution in [3.63, 3.8) is 0 Å². The average Bonchev–Trinajstić information content (AvgIpc) is 1.85. The predicted molar refractivity (Wildman–Crippen MR) is 39.9 cm³/mol. The monoisotopic (exact) mass is 248 g/mol. The summed E-state index contributed by atoms with van der Waals surface area (Å²) in [5.74, 6) is -0.797. The van der Waals surface area contributed by atoms with Crippen LogP contribution in [0.5, 0.6) is 0 Å². The van der Waals surface area contributed by atoms with Gasteiger partial charge in [-0.3, -0.25) is 0 Å². The maximum absolute atomic E-state index is 13.4.